The summed E-state index contributed by atoms with van der Waals surface area (Å²) in [5, 5.41) is 11.2. The second-order valence-electron chi connectivity index (χ2n) is 7.18. The lowest BCUT2D eigenvalue weighted by molar-refractivity contribution is -0.384. The van der Waals surface area contributed by atoms with E-state index in [1.807, 2.05) is 4.90 Å². The number of hydrogen-bond acceptors (Lipinski definition) is 6. The first-order valence-electron chi connectivity index (χ1n) is 9.70. The van der Waals surface area contributed by atoms with E-state index in [2.05, 4.69) is 4.74 Å². The minimum atomic E-state index is -3.02. The third kappa shape index (κ3) is 5.19. The molecule has 166 valence electrons. The number of nitro groups is 1. The van der Waals surface area contributed by atoms with Crippen molar-refractivity contribution >= 4 is 17.3 Å². The number of amides is 1. The van der Waals surface area contributed by atoms with Gasteiger partial charge in [0.25, 0.3) is 11.6 Å². The molecule has 2 aromatic carbocycles. The van der Waals surface area contributed by atoms with Gasteiger partial charge in [-0.2, -0.15) is 8.78 Å². The van der Waals surface area contributed by atoms with Crippen LogP contribution in [-0.4, -0.2) is 49.6 Å². The quantitative estimate of drug-likeness (QED) is 0.459. The van der Waals surface area contributed by atoms with E-state index in [4.69, 9.17) is 4.74 Å². The number of anilines is 1. The Kier molecular flexibility index (Phi) is 6.88. The number of carbonyl (C=O) groups is 1. The Morgan fingerprint density at radius 3 is 2.52 bits per heavy atom. The minimum absolute atomic E-state index is 0.0879. The molecular formula is C21H23F2N3O5. The zero-order chi connectivity index (χ0) is 22.5. The molecule has 1 amide bonds. The van der Waals surface area contributed by atoms with E-state index in [0.29, 0.717) is 11.3 Å². The number of hydrogen-bond donors (Lipinski definition) is 0. The lowest BCUT2D eigenvalue weighted by Gasteiger charge is -2.24. The SMILES string of the molecule is COc1ccc(CN(C)C(=O)c2cc([N+](=O)[O-])ccc2N2CCCC2)cc1OC(F)F. The van der Waals surface area contributed by atoms with Gasteiger partial charge in [0, 0.05) is 38.8 Å². The second kappa shape index (κ2) is 9.59. The van der Waals surface area contributed by atoms with Crippen LogP contribution in [0.3, 0.4) is 0 Å². The average molecular weight is 435 g/mol. The largest absolute Gasteiger partial charge is 0.493 e. The van der Waals surface area contributed by atoms with Crippen molar-refractivity contribution in [2.45, 2.75) is 26.0 Å². The normalized spacial score (nSPS) is 13.4. The van der Waals surface area contributed by atoms with E-state index < -0.39 is 17.4 Å². The first kappa shape index (κ1) is 22.3. The monoisotopic (exact) mass is 435 g/mol. The van der Waals surface area contributed by atoms with Gasteiger partial charge in [0.1, 0.15) is 0 Å². The smallest absolute Gasteiger partial charge is 0.387 e. The van der Waals surface area contributed by atoms with Gasteiger partial charge in [0.15, 0.2) is 11.5 Å². The van der Waals surface area contributed by atoms with Crippen molar-refractivity contribution in [1.82, 2.24) is 4.90 Å². The van der Waals surface area contributed by atoms with Crippen molar-refractivity contribution in [1.29, 1.82) is 0 Å². The van der Waals surface area contributed by atoms with Crippen LogP contribution in [0.2, 0.25) is 0 Å². The van der Waals surface area contributed by atoms with Crippen LogP contribution < -0.4 is 14.4 Å². The van der Waals surface area contributed by atoms with Crippen molar-refractivity contribution in [2.24, 2.45) is 0 Å². The number of alkyl halides is 2. The molecule has 0 saturated carbocycles. The summed E-state index contributed by atoms with van der Waals surface area (Å²) in [5.41, 5.74) is 1.25. The Hall–Kier alpha value is -3.43. The molecule has 3 rings (SSSR count). The fourth-order valence-electron chi connectivity index (χ4n) is 3.60. The maximum atomic E-state index is 13.2. The molecule has 10 heteroatoms. The third-order valence-corrected chi connectivity index (χ3v) is 5.08. The highest BCUT2D eigenvalue weighted by atomic mass is 19.3. The Labute approximate surface area is 178 Å². The highest BCUT2D eigenvalue weighted by molar-refractivity contribution is 6.00. The number of nitro benzene ring substituents is 1. The van der Waals surface area contributed by atoms with Crippen LogP contribution in [0.4, 0.5) is 20.2 Å². The summed E-state index contributed by atoms with van der Waals surface area (Å²) in [6.07, 6.45) is 1.97. The van der Waals surface area contributed by atoms with Gasteiger partial charge in [-0.3, -0.25) is 14.9 Å². The van der Waals surface area contributed by atoms with Crippen LogP contribution >= 0.6 is 0 Å². The Balaban J connectivity index is 1.87. The van der Waals surface area contributed by atoms with Crippen molar-refractivity contribution in [3.05, 3.63) is 57.6 Å². The second-order valence-corrected chi connectivity index (χ2v) is 7.18. The Morgan fingerprint density at radius 1 is 1.19 bits per heavy atom. The Bertz CT molecular complexity index is 964. The van der Waals surface area contributed by atoms with Gasteiger partial charge in [0.2, 0.25) is 0 Å². The highest BCUT2D eigenvalue weighted by Crippen LogP contribution is 2.32. The Morgan fingerprint density at radius 2 is 1.90 bits per heavy atom. The van der Waals surface area contributed by atoms with E-state index >= 15 is 0 Å². The van der Waals surface area contributed by atoms with Gasteiger partial charge in [-0.25, -0.2) is 0 Å². The van der Waals surface area contributed by atoms with Crippen LogP contribution in [0.5, 0.6) is 11.5 Å². The molecular weight excluding hydrogens is 412 g/mol. The molecule has 0 unspecified atom stereocenters. The van der Waals surface area contributed by atoms with Crippen molar-refractivity contribution in [3.8, 4) is 11.5 Å². The van der Waals surface area contributed by atoms with Gasteiger partial charge in [-0.1, -0.05) is 6.07 Å². The van der Waals surface area contributed by atoms with Gasteiger partial charge < -0.3 is 19.3 Å². The molecule has 0 N–H and O–H groups in total. The zero-order valence-corrected chi connectivity index (χ0v) is 17.2. The van der Waals surface area contributed by atoms with Crippen LogP contribution in [0.25, 0.3) is 0 Å². The zero-order valence-electron chi connectivity index (χ0n) is 17.2. The number of carbonyl (C=O) groups excluding carboxylic acids is 1. The van der Waals surface area contributed by atoms with Gasteiger partial charge >= 0.3 is 6.61 Å². The topological polar surface area (TPSA) is 85.1 Å². The number of nitrogens with zero attached hydrogens (tertiary/aromatic N) is 3. The summed E-state index contributed by atoms with van der Waals surface area (Å²) in [4.78, 5) is 27.3. The number of non-ortho nitro benzene ring substituents is 1. The third-order valence-electron chi connectivity index (χ3n) is 5.08. The van der Waals surface area contributed by atoms with Gasteiger partial charge in [0.05, 0.1) is 23.3 Å². The molecule has 0 bridgehead atoms. The molecule has 0 aromatic heterocycles. The van der Waals surface area contributed by atoms with Crippen molar-refractivity contribution < 1.29 is 28.0 Å². The molecule has 1 saturated heterocycles. The highest BCUT2D eigenvalue weighted by Gasteiger charge is 2.25. The molecule has 1 aliphatic heterocycles. The number of benzene rings is 2. The molecule has 31 heavy (non-hydrogen) atoms. The number of ether oxygens (including phenoxy) is 2. The van der Waals surface area contributed by atoms with Crippen molar-refractivity contribution in [2.75, 3.05) is 32.1 Å². The summed E-state index contributed by atoms with van der Waals surface area (Å²) >= 11 is 0. The predicted octanol–water partition coefficient (Wildman–Crippen LogP) is 4.08. The molecule has 0 aliphatic carbocycles. The molecule has 0 spiro atoms. The van der Waals surface area contributed by atoms with Crippen LogP contribution in [0, 0.1) is 10.1 Å². The number of rotatable bonds is 8. The summed E-state index contributed by atoms with van der Waals surface area (Å²) < 4.78 is 34.9. The fraction of sp³-hybridized carbons (Fsp3) is 0.381. The van der Waals surface area contributed by atoms with Crippen LogP contribution in [0.15, 0.2) is 36.4 Å². The van der Waals surface area contributed by atoms with Crippen LogP contribution in [0.1, 0.15) is 28.8 Å². The van der Waals surface area contributed by atoms with E-state index in [9.17, 15) is 23.7 Å². The molecule has 1 aliphatic rings. The molecule has 1 fully saturated rings. The van der Waals surface area contributed by atoms with Gasteiger partial charge in [-0.05, 0) is 36.6 Å². The molecule has 0 radical (unpaired) electrons. The summed E-state index contributed by atoms with van der Waals surface area (Å²) in [7, 11) is 2.89. The summed E-state index contributed by atoms with van der Waals surface area (Å²) in [6.45, 7) is -1.38. The molecule has 1 heterocycles. The average Bonchev–Trinajstić information content (AvgIpc) is 3.27. The van der Waals surface area contributed by atoms with E-state index in [0.717, 1.165) is 25.9 Å². The first-order valence-corrected chi connectivity index (χ1v) is 9.70. The van der Waals surface area contributed by atoms with E-state index in [-0.39, 0.29) is 29.3 Å². The van der Waals surface area contributed by atoms with Crippen LogP contribution in [-0.2, 0) is 6.54 Å². The summed E-state index contributed by atoms with van der Waals surface area (Å²) in [6, 6.07) is 8.77. The number of methoxy groups -OCH3 is 1. The first-order chi connectivity index (χ1) is 14.8. The molecule has 2 aromatic rings. The fourth-order valence-corrected chi connectivity index (χ4v) is 3.60. The lowest BCUT2D eigenvalue weighted by atomic mass is 10.1. The maximum absolute atomic E-state index is 13.2. The predicted molar refractivity (Wildman–Crippen MR) is 110 cm³/mol. The van der Waals surface area contributed by atoms with Crippen molar-refractivity contribution in [3.63, 3.8) is 0 Å². The maximum Gasteiger partial charge on any atom is 0.387 e. The summed E-state index contributed by atoms with van der Waals surface area (Å²) in [5.74, 6) is -0.394. The van der Waals surface area contributed by atoms with E-state index in [1.165, 1.54) is 36.3 Å². The minimum Gasteiger partial charge on any atom is -0.493 e. The van der Waals surface area contributed by atoms with E-state index in [1.54, 1.807) is 19.2 Å². The van der Waals surface area contributed by atoms with Gasteiger partial charge in [-0.15, -0.1) is 0 Å². The standard InChI is InChI=1S/C21H23F2N3O5/c1-24(13-14-5-8-18(30-2)19(11-14)31-21(22)23)20(27)16-12-15(26(28)29)6-7-17(16)25-9-3-4-10-25/h5-8,11-12,21H,3-4,9-10,13H2,1-2H3. The number of halogens is 2. The lowest BCUT2D eigenvalue weighted by Crippen LogP contribution is -2.29. The molecule has 8 nitrogen and oxygen atoms in total. The molecule has 0 atom stereocenters.